The molecular formula is C18H17ClF3N5O4. The second kappa shape index (κ2) is 8.94. The average molecular weight is 460 g/mol. The van der Waals surface area contributed by atoms with Crippen molar-refractivity contribution < 1.29 is 32.3 Å². The Bertz CT molecular complexity index is 1090. The number of fused-ring (bicyclic) bond motifs is 1. The van der Waals surface area contributed by atoms with E-state index in [-0.39, 0.29) is 17.6 Å². The summed E-state index contributed by atoms with van der Waals surface area (Å²) in [5.41, 5.74) is 1.65. The van der Waals surface area contributed by atoms with E-state index in [4.69, 9.17) is 25.9 Å². The number of halogens is 4. The van der Waals surface area contributed by atoms with Crippen molar-refractivity contribution in [2.24, 2.45) is 0 Å². The van der Waals surface area contributed by atoms with E-state index in [1.807, 2.05) is 10.5 Å². The van der Waals surface area contributed by atoms with Crippen LogP contribution in [0.4, 0.5) is 13.2 Å². The summed E-state index contributed by atoms with van der Waals surface area (Å²) in [6.45, 7) is 2.07. The molecule has 4 heterocycles. The van der Waals surface area contributed by atoms with Gasteiger partial charge in [-0.1, -0.05) is 11.6 Å². The Morgan fingerprint density at radius 3 is 2.58 bits per heavy atom. The number of aromatic nitrogens is 3. The molecule has 0 spiro atoms. The number of imidazole rings is 1. The highest BCUT2D eigenvalue weighted by molar-refractivity contribution is 6.30. The summed E-state index contributed by atoms with van der Waals surface area (Å²) in [6, 6.07) is 3.62. The van der Waals surface area contributed by atoms with Crippen molar-refractivity contribution in [2.75, 3.05) is 20.1 Å². The molecule has 31 heavy (non-hydrogen) atoms. The van der Waals surface area contributed by atoms with Crippen LogP contribution in [0, 0.1) is 0 Å². The van der Waals surface area contributed by atoms with Crippen molar-refractivity contribution in [1.29, 1.82) is 0 Å². The van der Waals surface area contributed by atoms with Crippen LogP contribution in [0.3, 0.4) is 0 Å². The third-order valence-corrected chi connectivity index (χ3v) is 4.62. The van der Waals surface area contributed by atoms with Crippen LogP contribution in [-0.4, -0.2) is 62.6 Å². The third kappa shape index (κ3) is 5.33. The molecule has 0 bridgehead atoms. The Kier molecular flexibility index (Phi) is 6.51. The van der Waals surface area contributed by atoms with Crippen LogP contribution in [0.25, 0.3) is 5.65 Å². The molecule has 1 fully saturated rings. The number of hydrogen-bond acceptors (Lipinski definition) is 6. The number of alkyl halides is 3. The lowest BCUT2D eigenvalue weighted by Gasteiger charge is -2.23. The number of hydrogen-bond donors (Lipinski definition) is 2. The molecule has 1 aliphatic heterocycles. The fraction of sp³-hybridized carbons (Fsp3) is 0.333. The van der Waals surface area contributed by atoms with Gasteiger partial charge in [0, 0.05) is 26.3 Å². The average Bonchev–Trinajstić information content (AvgIpc) is 3.27. The molecule has 1 saturated heterocycles. The number of amides is 1. The smallest absolute Gasteiger partial charge is 0.475 e. The summed E-state index contributed by atoms with van der Waals surface area (Å²) < 4.78 is 39.2. The van der Waals surface area contributed by atoms with Gasteiger partial charge in [-0.15, -0.1) is 0 Å². The number of carbonyl (C=O) groups is 2. The van der Waals surface area contributed by atoms with Crippen LogP contribution in [0.1, 0.15) is 28.1 Å². The molecule has 4 rings (SSSR count). The minimum atomic E-state index is -5.08. The quantitative estimate of drug-likeness (QED) is 0.616. The van der Waals surface area contributed by atoms with Gasteiger partial charge in [0.05, 0.1) is 35.6 Å². The van der Waals surface area contributed by atoms with Gasteiger partial charge in [-0.05, 0) is 12.1 Å². The molecule has 13 heteroatoms. The monoisotopic (exact) mass is 459 g/mol. The Labute approximate surface area is 178 Å². The molecular weight excluding hydrogens is 443 g/mol. The first-order valence-corrected chi connectivity index (χ1v) is 9.27. The number of carboxylic acid groups (broad SMARTS) is 1. The van der Waals surface area contributed by atoms with E-state index in [9.17, 15) is 18.0 Å². The van der Waals surface area contributed by atoms with Gasteiger partial charge in [0.25, 0.3) is 5.91 Å². The van der Waals surface area contributed by atoms with Crippen LogP contribution in [-0.2, 0) is 11.3 Å². The van der Waals surface area contributed by atoms with Crippen LogP contribution < -0.4 is 5.32 Å². The predicted octanol–water partition coefficient (Wildman–Crippen LogP) is 2.57. The number of oxazole rings is 1. The highest BCUT2D eigenvalue weighted by Gasteiger charge is 2.38. The maximum atomic E-state index is 12.5. The van der Waals surface area contributed by atoms with Crippen molar-refractivity contribution >= 4 is 29.1 Å². The van der Waals surface area contributed by atoms with Crippen LogP contribution in [0.5, 0.6) is 0 Å². The summed E-state index contributed by atoms with van der Waals surface area (Å²) in [5.74, 6) is -1.83. The van der Waals surface area contributed by atoms with E-state index >= 15 is 0 Å². The normalized spacial score (nSPS) is 14.0. The van der Waals surface area contributed by atoms with E-state index in [1.165, 1.54) is 6.20 Å². The molecule has 3 aromatic rings. The van der Waals surface area contributed by atoms with Crippen LogP contribution in [0.15, 0.2) is 35.1 Å². The molecule has 0 unspecified atom stereocenters. The Hall–Kier alpha value is -3.12. The lowest BCUT2D eigenvalue weighted by Crippen LogP contribution is -2.40. The van der Waals surface area contributed by atoms with Crippen molar-refractivity contribution in [2.45, 2.75) is 18.6 Å². The fourth-order valence-electron chi connectivity index (χ4n) is 2.66. The molecule has 1 amide bonds. The molecule has 2 N–H and O–H groups in total. The maximum absolute atomic E-state index is 12.5. The number of aliphatic carboxylic acids is 1. The molecule has 166 valence electrons. The second-order valence-corrected chi connectivity index (χ2v) is 7.14. The number of carboxylic acids is 1. The first-order chi connectivity index (χ1) is 14.6. The van der Waals surface area contributed by atoms with Crippen LogP contribution >= 0.6 is 11.6 Å². The summed E-state index contributed by atoms with van der Waals surface area (Å²) in [4.78, 5) is 31.5. The zero-order chi connectivity index (χ0) is 22.8. The zero-order valence-corrected chi connectivity index (χ0v) is 16.8. The molecule has 3 aromatic heterocycles. The summed E-state index contributed by atoms with van der Waals surface area (Å²) in [7, 11) is 1.72. The SMILES string of the molecule is CN(Cc1cnc2ccc(Cl)cn12)C(=O)c1cnc(C2CNC2)o1.O=C(O)C(F)(F)F. The fourth-order valence-corrected chi connectivity index (χ4v) is 2.82. The lowest BCUT2D eigenvalue weighted by molar-refractivity contribution is -0.192. The summed E-state index contributed by atoms with van der Waals surface area (Å²) >= 11 is 6.04. The second-order valence-electron chi connectivity index (χ2n) is 6.71. The Morgan fingerprint density at radius 1 is 1.32 bits per heavy atom. The molecule has 0 aromatic carbocycles. The Balaban J connectivity index is 0.000000339. The van der Waals surface area contributed by atoms with Gasteiger partial charge in [0.1, 0.15) is 5.65 Å². The highest BCUT2D eigenvalue weighted by atomic mass is 35.5. The van der Waals surface area contributed by atoms with Crippen molar-refractivity contribution in [3.8, 4) is 0 Å². The molecule has 0 saturated carbocycles. The molecule has 0 aliphatic carbocycles. The minimum absolute atomic E-state index is 0.210. The third-order valence-electron chi connectivity index (χ3n) is 4.40. The standard InChI is InChI=1S/C16H16ClN5O2.C2HF3O2/c1-21(9-12-6-19-14-3-2-11(17)8-22(12)14)16(23)13-7-20-15(24-13)10-4-18-5-10;3-2(4,5)1(6)7/h2-3,6-8,10,18H,4-5,9H2,1H3;(H,6,7). The topological polar surface area (TPSA) is 113 Å². The van der Waals surface area contributed by atoms with E-state index in [2.05, 4.69) is 15.3 Å². The van der Waals surface area contributed by atoms with E-state index in [0.29, 0.717) is 17.5 Å². The number of nitrogens with zero attached hydrogens (tertiary/aromatic N) is 4. The van der Waals surface area contributed by atoms with Gasteiger partial charge in [0.2, 0.25) is 11.7 Å². The zero-order valence-electron chi connectivity index (χ0n) is 16.1. The van der Waals surface area contributed by atoms with E-state index in [0.717, 1.165) is 24.4 Å². The predicted molar refractivity (Wildman–Crippen MR) is 102 cm³/mol. The summed E-state index contributed by atoms with van der Waals surface area (Å²) in [6.07, 6.45) is -0.0627. The molecule has 9 nitrogen and oxygen atoms in total. The first kappa shape index (κ1) is 22.6. The van der Waals surface area contributed by atoms with Crippen LogP contribution in [0.2, 0.25) is 5.02 Å². The van der Waals surface area contributed by atoms with Gasteiger partial charge in [0.15, 0.2) is 0 Å². The van der Waals surface area contributed by atoms with Crippen molar-refractivity contribution in [3.63, 3.8) is 0 Å². The van der Waals surface area contributed by atoms with Gasteiger partial charge in [-0.2, -0.15) is 13.2 Å². The maximum Gasteiger partial charge on any atom is 0.490 e. The summed E-state index contributed by atoms with van der Waals surface area (Å²) in [5, 5.41) is 10.9. The van der Waals surface area contributed by atoms with Gasteiger partial charge in [-0.3, -0.25) is 4.79 Å². The van der Waals surface area contributed by atoms with Gasteiger partial charge in [-0.25, -0.2) is 14.8 Å². The van der Waals surface area contributed by atoms with Crippen molar-refractivity contribution in [1.82, 2.24) is 24.6 Å². The first-order valence-electron chi connectivity index (χ1n) is 8.89. The number of pyridine rings is 1. The number of rotatable bonds is 4. The van der Waals surface area contributed by atoms with Gasteiger partial charge < -0.3 is 24.1 Å². The van der Waals surface area contributed by atoms with E-state index < -0.39 is 12.1 Å². The molecule has 0 radical (unpaired) electrons. The number of carbonyl (C=O) groups excluding carboxylic acids is 1. The minimum Gasteiger partial charge on any atom is -0.475 e. The highest BCUT2D eigenvalue weighted by Crippen LogP contribution is 2.20. The largest absolute Gasteiger partial charge is 0.490 e. The lowest BCUT2D eigenvalue weighted by atomic mass is 10.0. The van der Waals surface area contributed by atoms with E-state index in [1.54, 1.807) is 30.4 Å². The number of nitrogens with one attached hydrogen (secondary N) is 1. The molecule has 0 atom stereocenters. The van der Waals surface area contributed by atoms with Crippen molar-refractivity contribution in [3.05, 3.63) is 53.1 Å². The molecule has 1 aliphatic rings. The van der Waals surface area contributed by atoms with Gasteiger partial charge >= 0.3 is 12.1 Å². The Morgan fingerprint density at radius 2 is 2.00 bits per heavy atom.